The largest absolute Gasteiger partial charge is 0.406 e. The van der Waals surface area contributed by atoms with Gasteiger partial charge in [-0.3, -0.25) is 0 Å². The zero-order valence-corrected chi connectivity index (χ0v) is 11.3. The summed E-state index contributed by atoms with van der Waals surface area (Å²) >= 11 is 5.95. The van der Waals surface area contributed by atoms with E-state index in [-0.39, 0.29) is 17.3 Å². The highest BCUT2D eigenvalue weighted by molar-refractivity contribution is 6.34. The average Bonchev–Trinajstić information content (AvgIpc) is 2.72. The minimum atomic E-state index is -4.40. The minimum absolute atomic E-state index is 0.0361. The molecule has 21 heavy (non-hydrogen) atoms. The molecule has 1 aromatic carbocycles. The summed E-state index contributed by atoms with van der Waals surface area (Å²) in [5.74, 6) is 0. The Balaban J connectivity index is 2.41. The summed E-state index contributed by atoms with van der Waals surface area (Å²) in [6, 6.07) is 4.69. The Kier molecular flexibility index (Phi) is 3.26. The first-order valence-corrected chi connectivity index (χ1v) is 6.37. The van der Waals surface area contributed by atoms with Gasteiger partial charge >= 0.3 is 6.18 Å². The van der Waals surface area contributed by atoms with Gasteiger partial charge in [0.1, 0.15) is 23.9 Å². The predicted molar refractivity (Wildman–Crippen MR) is 72.0 cm³/mol. The average molecular weight is 316 g/mol. The molecule has 0 unspecified atom stereocenters. The van der Waals surface area contributed by atoms with Gasteiger partial charge in [0.25, 0.3) is 0 Å². The van der Waals surface area contributed by atoms with Crippen molar-refractivity contribution in [3.8, 4) is 0 Å². The van der Waals surface area contributed by atoms with Crippen molar-refractivity contribution in [2.75, 3.05) is 0 Å². The van der Waals surface area contributed by atoms with Crippen LogP contribution in [0.25, 0.3) is 21.9 Å². The molecule has 1 N–H and O–H groups in total. The zero-order chi connectivity index (χ0) is 15.2. The lowest BCUT2D eigenvalue weighted by atomic mass is 10.1. The maximum Gasteiger partial charge on any atom is 0.406 e. The molecule has 110 valence electrons. The summed E-state index contributed by atoms with van der Waals surface area (Å²) in [6.07, 6.45) is -3.19. The van der Waals surface area contributed by atoms with E-state index in [9.17, 15) is 18.3 Å². The lowest BCUT2D eigenvalue weighted by molar-refractivity contribution is -0.139. The fourth-order valence-electron chi connectivity index (χ4n) is 2.36. The van der Waals surface area contributed by atoms with Crippen LogP contribution in [0.2, 0.25) is 5.15 Å². The summed E-state index contributed by atoms with van der Waals surface area (Å²) in [7, 11) is 0. The Morgan fingerprint density at radius 3 is 2.67 bits per heavy atom. The molecule has 8 heteroatoms. The second-order valence-electron chi connectivity index (χ2n) is 4.57. The molecule has 3 aromatic rings. The quantitative estimate of drug-likeness (QED) is 0.738. The third-order valence-electron chi connectivity index (χ3n) is 3.17. The summed E-state index contributed by atoms with van der Waals surface area (Å²) in [6.45, 7) is -1.39. The molecule has 0 saturated heterocycles. The Bertz CT molecular complexity index is 829. The topological polar surface area (TPSA) is 50.9 Å². The third-order valence-corrected chi connectivity index (χ3v) is 3.45. The van der Waals surface area contributed by atoms with Crippen LogP contribution in [0.4, 0.5) is 13.2 Å². The van der Waals surface area contributed by atoms with E-state index in [1.165, 1.54) is 12.4 Å². The summed E-state index contributed by atoms with van der Waals surface area (Å²) in [5, 5.41) is 9.64. The van der Waals surface area contributed by atoms with Crippen molar-refractivity contribution in [1.82, 2.24) is 14.5 Å². The highest BCUT2D eigenvalue weighted by Crippen LogP contribution is 2.33. The van der Waals surface area contributed by atoms with Gasteiger partial charge in [-0.05, 0) is 17.7 Å². The van der Waals surface area contributed by atoms with Crippen molar-refractivity contribution in [2.24, 2.45) is 0 Å². The summed E-state index contributed by atoms with van der Waals surface area (Å²) in [5.41, 5.74) is 1.41. The second kappa shape index (κ2) is 4.85. The number of halogens is 4. The molecule has 0 aliphatic carbocycles. The molecular formula is C13H9ClF3N3O. The van der Waals surface area contributed by atoms with Crippen molar-refractivity contribution < 1.29 is 18.3 Å². The SMILES string of the molecule is OCc1ccc2c(c1)c1ncnc(Cl)c1n2CC(F)(F)F. The molecule has 0 amide bonds. The molecule has 0 radical (unpaired) electrons. The first-order chi connectivity index (χ1) is 9.90. The van der Waals surface area contributed by atoms with Crippen LogP contribution in [-0.2, 0) is 13.2 Å². The van der Waals surface area contributed by atoms with Gasteiger partial charge in [-0.2, -0.15) is 13.2 Å². The van der Waals surface area contributed by atoms with Crippen molar-refractivity contribution in [1.29, 1.82) is 0 Å². The molecule has 0 fully saturated rings. The molecule has 0 bridgehead atoms. The van der Waals surface area contributed by atoms with Crippen LogP contribution >= 0.6 is 11.6 Å². The standard InChI is InChI=1S/C13H9ClF3N3O/c14-12-11-10(18-6-19-12)8-3-7(4-21)1-2-9(8)20(11)5-13(15,16)17/h1-3,6,21H,4-5H2. The lowest BCUT2D eigenvalue weighted by Gasteiger charge is -2.10. The molecule has 0 saturated carbocycles. The Hall–Kier alpha value is -1.86. The maximum atomic E-state index is 12.8. The molecule has 0 aliphatic rings. The number of benzene rings is 1. The van der Waals surface area contributed by atoms with Crippen LogP contribution in [0, 0.1) is 0 Å². The minimum Gasteiger partial charge on any atom is -0.392 e. The number of alkyl halides is 3. The molecule has 0 atom stereocenters. The van der Waals surface area contributed by atoms with E-state index in [0.717, 1.165) is 4.57 Å². The van der Waals surface area contributed by atoms with Gasteiger partial charge in [-0.15, -0.1) is 0 Å². The number of aliphatic hydroxyl groups excluding tert-OH is 1. The molecule has 2 heterocycles. The van der Waals surface area contributed by atoms with E-state index in [4.69, 9.17) is 11.6 Å². The number of nitrogens with zero attached hydrogens (tertiary/aromatic N) is 3. The number of aliphatic hydroxyl groups is 1. The van der Waals surface area contributed by atoms with Crippen molar-refractivity contribution in [3.05, 3.63) is 35.2 Å². The number of hydrogen-bond donors (Lipinski definition) is 1. The van der Waals surface area contributed by atoms with Gasteiger partial charge in [0.2, 0.25) is 0 Å². The van der Waals surface area contributed by atoms with Gasteiger partial charge in [-0.1, -0.05) is 17.7 Å². The van der Waals surface area contributed by atoms with E-state index >= 15 is 0 Å². The van der Waals surface area contributed by atoms with Crippen LogP contribution in [0.15, 0.2) is 24.5 Å². The van der Waals surface area contributed by atoms with Gasteiger partial charge in [0.15, 0.2) is 5.15 Å². The smallest absolute Gasteiger partial charge is 0.392 e. The Morgan fingerprint density at radius 2 is 2.00 bits per heavy atom. The van der Waals surface area contributed by atoms with E-state index in [0.29, 0.717) is 22.0 Å². The highest BCUT2D eigenvalue weighted by Gasteiger charge is 2.30. The molecule has 4 nitrogen and oxygen atoms in total. The van der Waals surface area contributed by atoms with Gasteiger partial charge in [0, 0.05) is 5.39 Å². The van der Waals surface area contributed by atoms with Crippen molar-refractivity contribution in [3.63, 3.8) is 0 Å². The normalized spacial score (nSPS) is 12.4. The highest BCUT2D eigenvalue weighted by atomic mass is 35.5. The number of aromatic nitrogens is 3. The van der Waals surface area contributed by atoms with E-state index in [2.05, 4.69) is 9.97 Å². The van der Waals surface area contributed by atoms with Gasteiger partial charge < -0.3 is 9.67 Å². The monoisotopic (exact) mass is 315 g/mol. The Morgan fingerprint density at radius 1 is 1.24 bits per heavy atom. The van der Waals surface area contributed by atoms with Gasteiger partial charge in [0.05, 0.1) is 12.1 Å². The third kappa shape index (κ3) is 2.43. The Labute approximate surface area is 121 Å². The molecule has 0 aliphatic heterocycles. The number of fused-ring (bicyclic) bond motifs is 3. The van der Waals surface area contributed by atoms with Crippen LogP contribution in [-0.4, -0.2) is 25.8 Å². The van der Waals surface area contributed by atoms with Crippen molar-refractivity contribution >= 4 is 33.5 Å². The van der Waals surface area contributed by atoms with E-state index in [1.54, 1.807) is 12.1 Å². The molecule has 2 aromatic heterocycles. The van der Waals surface area contributed by atoms with E-state index in [1.807, 2.05) is 0 Å². The van der Waals surface area contributed by atoms with Crippen molar-refractivity contribution in [2.45, 2.75) is 19.3 Å². The summed E-state index contributed by atoms with van der Waals surface area (Å²) < 4.78 is 39.5. The molecule has 0 spiro atoms. The van der Waals surface area contributed by atoms with Crippen LogP contribution in [0.5, 0.6) is 0 Å². The molecule has 3 rings (SSSR count). The lowest BCUT2D eigenvalue weighted by Crippen LogP contribution is -2.17. The zero-order valence-electron chi connectivity index (χ0n) is 10.5. The summed E-state index contributed by atoms with van der Waals surface area (Å²) in [4.78, 5) is 7.78. The first-order valence-electron chi connectivity index (χ1n) is 5.99. The first kappa shape index (κ1) is 14.1. The van der Waals surface area contributed by atoms with Crippen LogP contribution in [0.1, 0.15) is 5.56 Å². The number of hydrogen-bond acceptors (Lipinski definition) is 3. The number of rotatable bonds is 2. The predicted octanol–water partition coefficient (Wildman–Crippen LogP) is 3.29. The fraction of sp³-hybridized carbons (Fsp3) is 0.231. The van der Waals surface area contributed by atoms with Gasteiger partial charge in [-0.25, -0.2) is 9.97 Å². The molecular weight excluding hydrogens is 307 g/mol. The second-order valence-corrected chi connectivity index (χ2v) is 4.93. The van der Waals surface area contributed by atoms with Crippen LogP contribution in [0.3, 0.4) is 0 Å². The van der Waals surface area contributed by atoms with E-state index < -0.39 is 12.7 Å². The van der Waals surface area contributed by atoms with Crippen LogP contribution < -0.4 is 0 Å². The maximum absolute atomic E-state index is 12.8. The fourth-order valence-corrected chi connectivity index (χ4v) is 2.60.